The lowest BCUT2D eigenvalue weighted by molar-refractivity contribution is 0.817. The first-order valence-corrected chi connectivity index (χ1v) is 14.7. The Morgan fingerprint density at radius 1 is 0.707 bits per heavy atom. The van der Waals surface area contributed by atoms with Crippen LogP contribution in [0.4, 0.5) is 17.1 Å². The van der Waals surface area contributed by atoms with Crippen molar-refractivity contribution >= 4 is 17.1 Å². The van der Waals surface area contributed by atoms with Gasteiger partial charge in [-0.1, -0.05) is 91.0 Å². The second-order valence-corrected chi connectivity index (χ2v) is 11.3. The third kappa shape index (κ3) is 4.28. The molecule has 0 saturated carbocycles. The minimum Gasteiger partial charge on any atom is -0.358 e. The van der Waals surface area contributed by atoms with E-state index in [1.165, 1.54) is 67.4 Å². The predicted molar refractivity (Wildman–Crippen MR) is 172 cm³/mol. The maximum atomic E-state index is 3.74. The van der Waals surface area contributed by atoms with Crippen molar-refractivity contribution in [3.05, 3.63) is 162 Å². The van der Waals surface area contributed by atoms with E-state index in [4.69, 9.17) is 0 Å². The number of para-hydroxylation sites is 1. The average Bonchev–Trinajstić information content (AvgIpc) is 3.67. The zero-order chi connectivity index (χ0) is 27.2. The van der Waals surface area contributed by atoms with E-state index in [1.807, 2.05) is 0 Å². The number of nitrogens with one attached hydrogen (secondary N) is 1. The van der Waals surface area contributed by atoms with Gasteiger partial charge in [0.05, 0.1) is 0 Å². The molecule has 2 heteroatoms. The number of allylic oxidation sites excluding steroid dienone is 10. The molecule has 4 aromatic rings. The van der Waals surface area contributed by atoms with E-state index in [9.17, 15) is 0 Å². The van der Waals surface area contributed by atoms with Gasteiger partial charge in [0.2, 0.25) is 0 Å². The molecule has 2 nitrogen and oxygen atoms in total. The zero-order valence-corrected chi connectivity index (χ0v) is 23.1. The molecule has 0 fully saturated rings. The number of nitrogens with zero attached hydrogens (tertiary/aromatic N) is 1. The Kier molecular flexibility index (Phi) is 5.84. The molecule has 0 spiro atoms. The van der Waals surface area contributed by atoms with Gasteiger partial charge < -0.3 is 10.2 Å². The van der Waals surface area contributed by atoms with Gasteiger partial charge in [0.25, 0.3) is 0 Å². The van der Waals surface area contributed by atoms with Crippen LogP contribution in [0.3, 0.4) is 0 Å². The summed E-state index contributed by atoms with van der Waals surface area (Å²) in [7, 11) is 0. The zero-order valence-electron chi connectivity index (χ0n) is 23.1. The van der Waals surface area contributed by atoms with Crippen molar-refractivity contribution in [2.45, 2.75) is 31.6 Å². The van der Waals surface area contributed by atoms with Gasteiger partial charge in [0, 0.05) is 34.4 Å². The van der Waals surface area contributed by atoms with Crippen LogP contribution in [0.15, 0.2) is 156 Å². The molecule has 8 rings (SSSR count). The molecule has 0 radical (unpaired) electrons. The molecule has 1 unspecified atom stereocenters. The first kappa shape index (κ1) is 24.0. The first-order valence-electron chi connectivity index (χ1n) is 14.7. The quantitative estimate of drug-likeness (QED) is 0.277. The highest BCUT2D eigenvalue weighted by molar-refractivity contribution is 5.78. The van der Waals surface area contributed by atoms with Crippen LogP contribution in [-0.2, 0) is 0 Å². The maximum absolute atomic E-state index is 3.74. The van der Waals surface area contributed by atoms with Crippen LogP contribution in [0.5, 0.6) is 0 Å². The van der Waals surface area contributed by atoms with Gasteiger partial charge in [-0.05, 0) is 107 Å². The Labute approximate surface area is 242 Å². The summed E-state index contributed by atoms with van der Waals surface area (Å²) in [6, 6.07) is 35.6. The summed E-state index contributed by atoms with van der Waals surface area (Å²) in [5.74, 6) is 0.445. The topological polar surface area (TPSA) is 15.3 Å². The highest BCUT2D eigenvalue weighted by Gasteiger charge is 2.33. The summed E-state index contributed by atoms with van der Waals surface area (Å²) >= 11 is 0. The van der Waals surface area contributed by atoms with Gasteiger partial charge in [-0.25, -0.2) is 0 Å². The molecule has 41 heavy (non-hydrogen) atoms. The number of hydrogen-bond acceptors (Lipinski definition) is 2. The Hall–Kier alpha value is -4.82. The fraction of sp³-hybridized carbons (Fsp3) is 0.128. The van der Waals surface area contributed by atoms with Gasteiger partial charge >= 0.3 is 0 Å². The Balaban J connectivity index is 1.05. The van der Waals surface area contributed by atoms with Crippen molar-refractivity contribution in [3.8, 4) is 22.3 Å². The molecule has 4 aromatic carbocycles. The molecular formula is C39H32N2. The molecule has 1 N–H and O–H groups in total. The fourth-order valence-electron chi connectivity index (χ4n) is 6.76. The fourth-order valence-corrected chi connectivity index (χ4v) is 6.76. The molecule has 0 bridgehead atoms. The normalized spacial score (nSPS) is 18.3. The third-order valence-electron chi connectivity index (χ3n) is 8.87. The number of hydrogen-bond donors (Lipinski definition) is 1. The summed E-state index contributed by atoms with van der Waals surface area (Å²) in [6.45, 7) is 0. The number of fused-ring (bicyclic) bond motifs is 4. The Bertz CT molecular complexity index is 1780. The van der Waals surface area contributed by atoms with E-state index in [-0.39, 0.29) is 0 Å². The number of anilines is 3. The van der Waals surface area contributed by atoms with Gasteiger partial charge in [0.1, 0.15) is 0 Å². The first-order chi connectivity index (χ1) is 20.3. The molecule has 0 amide bonds. The minimum atomic E-state index is 0.445. The van der Waals surface area contributed by atoms with Crippen LogP contribution < -0.4 is 10.2 Å². The summed E-state index contributed by atoms with van der Waals surface area (Å²) in [5, 5.41) is 3.74. The van der Waals surface area contributed by atoms with Gasteiger partial charge in [-0.3, -0.25) is 0 Å². The highest BCUT2D eigenvalue weighted by Crippen LogP contribution is 2.49. The van der Waals surface area contributed by atoms with Crippen LogP contribution in [0.1, 0.15) is 37.2 Å². The second-order valence-electron chi connectivity index (χ2n) is 11.3. The largest absolute Gasteiger partial charge is 0.358 e. The molecular weight excluding hydrogens is 496 g/mol. The Morgan fingerprint density at radius 2 is 1.41 bits per heavy atom. The lowest BCUT2D eigenvalue weighted by Gasteiger charge is -2.29. The smallest absolute Gasteiger partial charge is 0.0458 e. The van der Waals surface area contributed by atoms with Crippen molar-refractivity contribution in [3.63, 3.8) is 0 Å². The van der Waals surface area contributed by atoms with E-state index in [1.54, 1.807) is 0 Å². The number of rotatable bonds is 5. The molecule has 3 aliphatic carbocycles. The lowest BCUT2D eigenvalue weighted by atomic mass is 9.85. The molecule has 0 aromatic heterocycles. The van der Waals surface area contributed by atoms with E-state index >= 15 is 0 Å². The van der Waals surface area contributed by atoms with E-state index in [0.717, 1.165) is 25.7 Å². The van der Waals surface area contributed by atoms with Gasteiger partial charge in [-0.2, -0.15) is 0 Å². The standard InChI is InChI=1S/C39H32N2/c1-3-9-32(10-4-1)41(33-11-5-2-6-12-33)34-22-18-28(19-23-34)27-14-16-29(17-15-27)31-21-25-38-37(26-31)36-24-20-30-8-7-13-35(30)39(36)40-38/h1-5,7,9-11,13-23,25-26,36,40H,6,8,12,24H2. The maximum Gasteiger partial charge on any atom is 0.0458 e. The molecule has 198 valence electrons. The molecule has 0 saturated heterocycles. The predicted octanol–water partition coefficient (Wildman–Crippen LogP) is 10.4. The molecule has 1 atom stereocenters. The SMILES string of the molecule is C1=CCCC(N(c2ccccc2)c2ccc(-c3ccc(-c4ccc5c(c4)C4CC=C6CC=CC6=C4N5)cc3)cc2)=C1. The van der Waals surface area contributed by atoms with E-state index in [0.29, 0.717) is 5.92 Å². The highest BCUT2D eigenvalue weighted by atomic mass is 15.1. The molecule has 1 aliphatic heterocycles. The third-order valence-corrected chi connectivity index (χ3v) is 8.87. The second kappa shape index (κ2) is 9.98. The van der Waals surface area contributed by atoms with Crippen molar-refractivity contribution in [2.75, 3.05) is 10.2 Å². The summed E-state index contributed by atoms with van der Waals surface area (Å²) in [5.41, 5.74) is 15.7. The monoisotopic (exact) mass is 528 g/mol. The Morgan fingerprint density at radius 3 is 2.17 bits per heavy atom. The van der Waals surface area contributed by atoms with Crippen molar-refractivity contribution in [1.82, 2.24) is 0 Å². The van der Waals surface area contributed by atoms with Crippen LogP contribution in [-0.4, -0.2) is 0 Å². The minimum absolute atomic E-state index is 0.445. The van der Waals surface area contributed by atoms with Crippen molar-refractivity contribution in [1.29, 1.82) is 0 Å². The molecule has 1 heterocycles. The van der Waals surface area contributed by atoms with Crippen LogP contribution in [0, 0.1) is 0 Å². The van der Waals surface area contributed by atoms with E-state index < -0.39 is 0 Å². The van der Waals surface area contributed by atoms with Crippen LogP contribution >= 0.6 is 0 Å². The summed E-state index contributed by atoms with van der Waals surface area (Å²) < 4.78 is 0. The van der Waals surface area contributed by atoms with Gasteiger partial charge in [0.15, 0.2) is 0 Å². The van der Waals surface area contributed by atoms with Crippen molar-refractivity contribution in [2.24, 2.45) is 0 Å². The lowest BCUT2D eigenvalue weighted by Crippen LogP contribution is -2.17. The summed E-state index contributed by atoms with van der Waals surface area (Å²) in [6.07, 6.45) is 18.0. The van der Waals surface area contributed by atoms with Crippen molar-refractivity contribution < 1.29 is 0 Å². The molecule has 4 aliphatic rings. The van der Waals surface area contributed by atoms with Crippen LogP contribution in [0.25, 0.3) is 22.3 Å². The summed E-state index contributed by atoms with van der Waals surface area (Å²) in [4.78, 5) is 2.38. The average molecular weight is 529 g/mol. The van der Waals surface area contributed by atoms with Gasteiger partial charge in [-0.15, -0.1) is 0 Å². The number of benzene rings is 4. The van der Waals surface area contributed by atoms with Crippen LogP contribution in [0.2, 0.25) is 0 Å². The van der Waals surface area contributed by atoms with E-state index in [2.05, 4.69) is 144 Å².